The molecule has 1 heterocycles. The molecule has 0 radical (unpaired) electrons. The highest BCUT2D eigenvalue weighted by Gasteiger charge is 2.07. The first-order chi connectivity index (χ1) is 11.2. The van der Waals surface area contributed by atoms with Crippen molar-refractivity contribution >= 4 is 11.9 Å². The number of benzene rings is 2. The molecular weight excluding hydrogens is 292 g/mol. The number of hydrogen-bond donors (Lipinski definition) is 2. The third-order valence-electron chi connectivity index (χ3n) is 3.36. The zero-order chi connectivity index (χ0) is 16.1. The predicted octanol–water partition coefficient (Wildman–Crippen LogP) is 2.49. The average Bonchev–Trinajstić information content (AvgIpc) is 3.05. The fraction of sp³-hybridized carbons (Fsp3) is 0.118. The second kappa shape index (κ2) is 6.74. The van der Waals surface area contributed by atoms with Gasteiger partial charge in [-0.25, -0.2) is 0 Å². The van der Waals surface area contributed by atoms with E-state index in [1.165, 1.54) is 0 Å². The zero-order valence-corrected chi connectivity index (χ0v) is 12.4. The monoisotopic (exact) mass is 308 g/mol. The minimum absolute atomic E-state index is 0.425. The molecule has 116 valence electrons. The van der Waals surface area contributed by atoms with Gasteiger partial charge < -0.3 is 15.6 Å². The second-order valence-electron chi connectivity index (χ2n) is 5.03. The number of carbonyl (C=O) groups is 1. The molecule has 0 atom stereocenters. The van der Waals surface area contributed by atoms with Crippen LogP contribution in [0.2, 0.25) is 0 Å². The van der Waals surface area contributed by atoms with Gasteiger partial charge in [0.05, 0.1) is 0 Å². The Labute approximate surface area is 133 Å². The van der Waals surface area contributed by atoms with E-state index < -0.39 is 5.91 Å². The van der Waals surface area contributed by atoms with Crippen LogP contribution in [0.1, 0.15) is 15.9 Å². The van der Waals surface area contributed by atoms with Crippen LogP contribution in [0.5, 0.6) is 0 Å². The lowest BCUT2D eigenvalue weighted by Crippen LogP contribution is -2.12. The Hall–Kier alpha value is -3.15. The van der Waals surface area contributed by atoms with Crippen molar-refractivity contribution in [3.05, 3.63) is 65.7 Å². The van der Waals surface area contributed by atoms with E-state index in [4.69, 9.17) is 10.3 Å². The van der Waals surface area contributed by atoms with Gasteiger partial charge in [-0.1, -0.05) is 30.3 Å². The molecule has 1 amide bonds. The smallest absolute Gasteiger partial charge is 0.263 e. The van der Waals surface area contributed by atoms with Crippen molar-refractivity contribution in [1.29, 1.82) is 0 Å². The molecule has 2 aromatic carbocycles. The lowest BCUT2D eigenvalue weighted by atomic mass is 10.1. The molecule has 0 aliphatic rings. The molecule has 6 nitrogen and oxygen atoms in total. The van der Waals surface area contributed by atoms with Crippen LogP contribution in [-0.4, -0.2) is 22.6 Å². The van der Waals surface area contributed by atoms with Crippen LogP contribution in [0.25, 0.3) is 11.5 Å². The van der Waals surface area contributed by atoms with Crippen LogP contribution >= 0.6 is 0 Å². The lowest BCUT2D eigenvalue weighted by Gasteiger charge is -2.03. The molecule has 0 aliphatic carbocycles. The van der Waals surface area contributed by atoms with Crippen molar-refractivity contribution in [2.75, 3.05) is 11.9 Å². The molecule has 3 rings (SSSR count). The molecule has 1 aromatic heterocycles. The molecule has 0 saturated heterocycles. The van der Waals surface area contributed by atoms with Crippen molar-refractivity contribution in [2.45, 2.75) is 6.42 Å². The van der Waals surface area contributed by atoms with E-state index in [0.717, 1.165) is 17.5 Å². The predicted molar refractivity (Wildman–Crippen MR) is 86.9 cm³/mol. The van der Waals surface area contributed by atoms with E-state index in [1.54, 1.807) is 12.1 Å². The molecule has 23 heavy (non-hydrogen) atoms. The molecular formula is C17H16N4O2. The highest BCUT2D eigenvalue weighted by atomic mass is 16.5. The van der Waals surface area contributed by atoms with E-state index in [9.17, 15) is 4.79 Å². The summed E-state index contributed by atoms with van der Waals surface area (Å²) in [6, 6.07) is 16.8. The number of nitrogens with one attached hydrogen (secondary N) is 1. The molecule has 0 unspecified atom stereocenters. The fourth-order valence-corrected chi connectivity index (χ4v) is 2.19. The molecule has 0 fully saturated rings. The van der Waals surface area contributed by atoms with Gasteiger partial charge in [0, 0.05) is 17.7 Å². The number of nitrogens with two attached hydrogens (primary N) is 1. The van der Waals surface area contributed by atoms with Crippen LogP contribution in [0, 0.1) is 0 Å². The summed E-state index contributed by atoms with van der Waals surface area (Å²) in [4.78, 5) is 15.5. The first-order valence-corrected chi connectivity index (χ1v) is 7.24. The Kier molecular flexibility index (Phi) is 4.33. The summed E-state index contributed by atoms with van der Waals surface area (Å²) in [6.07, 6.45) is 0.719. The van der Waals surface area contributed by atoms with Crippen molar-refractivity contribution in [2.24, 2.45) is 5.73 Å². The van der Waals surface area contributed by atoms with Gasteiger partial charge in [0.15, 0.2) is 0 Å². The molecule has 0 saturated carbocycles. The summed E-state index contributed by atoms with van der Waals surface area (Å²) in [5, 5.41) is 7.00. The number of amides is 1. The van der Waals surface area contributed by atoms with Crippen LogP contribution in [0.3, 0.4) is 0 Å². The van der Waals surface area contributed by atoms with Gasteiger partial charge in [-0.05, 0) is 41.4 Å². The minimum atomic E-state index is -0.425. The Morgan fingerprint density at radius 3 is 2.74 bits per heavy atom. The summed E-state index contributed by atoms with van der Waals surface area (Å²) in [6.45, 7) is 0.621. The van der Waals surface area contributed by atoms with Gasteiger partial charge in [0.25, 0.3) is 11.8 Å². The van der Waals surface area contributed by atoms with E-state index in [-0.39, 0.29) is 0 Å². The molecule has 3 aromatic rings. The van der Waals surface area contributed by atoms with E-state index in [0.29, 0.717) is 23.9 Å². The van der Waals surface area contributed by atoms with Crippen molar-refractivity contribution in [3.63, 3.8) is 0 Å². The van der Waals surface area contributed by atoms with Gasteiger partial charge in [0.2, 0.25) is 5.91 Å². The number of aromatic nitrogens is 2. The number of rotatable bonds is 6. The van der Waals surface area contributed by atoms with E-state index in [1.807, 2.05) is 42.5 Å². The normalized spacial score (nSPS) is 10.4. The molecule has 0 bridgehead atoms. The maximum atomic E-state index is 11.2. The van der Waals surface area contributed by atoms with Crippen molar-refractivity contribution < 1.29 is 9.32 Å². The average molecular weight is 308 g/mol. The van der Waals surface area contributed by atoms with Crippen molar-refractivity contribution in [3.8, 4) is 11.5 Å². The Balaban J connectivity index is 1.58. The minimum Gasteiger partial charge on any atom is -0.366 e. The number of anilines is 1. The highest BCUT2D eigenvalue weighted by Crippen LogP contribution is 2.17. The van der Waals surface area contributed by atoms with E-state index in [2.05, 4.69) is 15.5 Å². The Morgan fingerprint density at radius 1 is 1.13 bits per heavy atom. The first-order valence-electron chi connectivity index (χ1n) is 7.24. The summed E-state index contributed by atoms with van der Waals surface area (Å²) in [7, 11) is 0. The summed E-state index contributed by atoms with van der Waals surface area (Å²) in [5.74, 6) is 0.490. The van der Waals surface area contributed by atoms with Crippen LogP contribution in [0.15, 0.2) is 59.1 Å². The zero-order valence-electron chi connectivity index (χ0n) is 12.4. The quantitative estimate of drug-likeness (QED) is 0.729. The van der Waals surface area contributed by atoms with Gasteiger partial charge in [-0.15, -0.1) is 0 Å². The third kappa shape index (κ3) is 3.74. The molecule has 6 heteroatoms. The number of primary amides is 1. The Bertz CT molecular complexity index is 799. The topological polar surface area (TPSA) is 94.0 Å². The third-order valence-corrected chi connectivity index (χ3v) is 3.36. The van der Waals surface area contributed by atoms with E-state index >= 15 is 0 Å². The van der Waals surface area contributed by atoms with Gasteiger partial charge >= 0.3 is 0 Å². The largest absolute Gasteiger partial charge is 0.366 e. The van der Waals surface area contributed by atoms with Crippen LogP contribution < -0.4 is 11.1 Å². The standard InChI is InChI=1S/C17H16N4O2/c18-15(22)14-8-4-5-12(11-14)9-10-19-17-20-16(23-21-17)13-6-2-1-3-7-13/h1-8,11H,9-10H2,(H2,18,22)(H,19,21). The summed E-state index contributed by atoms with van der Waals surface area (Å²) >= 11 is 0. The maximum absolute atomic E-state index is 11.2. The number of nitrogens with zero attached hydrogens (tertiary/aromatic N) is 2. The fourth-order valence-electron chi connectivity index (χ4n) is 2.19. The van der Waals surface area contributed by atoms with Gasteiger partial charge in [-0.3, -0.25) is 4.79 Å². The lowest BCUT2D eigenvalue weighted by molar-refractivity contribution is 0.1000. The first kappa shape index (κ1) is 14.8. The second-order valence-corrected chi connectivity index (χ2v) is 5.03. The number of carbonyl (C=O) groups excluding carboxylic acids is 1. The maximum Gasteiger partial charge on any atom is 0.263 e. The Morgan fingerprint density at radius 2 is 1.96 bits per heavy atom. The van der Waals surface area contributed by atoms with Crippen LogP contribution in [0.4, 0.5) is 5.95 Å². The number of hydrogen-bond acceptors (Lipinski definition) is 5. The molecule has 0 spiro atoms. The SMILES string of the molecule is NC(=O)c1cccc(CCNc2noc(-c3ccccc3)n2)c1. The molecule has 3 N–H and O–H groups in total. The summed E-state index contributed by atoms with van der Waals surface area (Å²) < 4.78 is 5.22. The van der Waals surface area contributed by atoms with Gasteiger partial charge in [0.1, 0.15) is 0 Å². The van der Waals surface area contributed by atoms with Crippen LogP contribution in [-0.2, 0) is 6.42 Å². The van der Waals surface area contributed by atoms with Gasteiger partial charge in [-0.2, -0.15) is 4.98 Å². The summed E-state index contributed by atoms with van der Waals surface area (Å²) in [5.41, 5.74) is 7.67. The highest BCUT2D eigenvalue weighted by molar-refractivity contribution is 5.92. The van der Waals surface area contributed by atoms with Crippen molar-refractivity contribution in [1.82, 2.24) is 10.1 Å². The molecule has 0 aliphatic heterocycles.